The number of nitrogens with one attached hydrogen (secondary N) is 1. The van der Waals surface area contributed by atoms with E-state index in [1.165, 1.54) is 6.20 Å². The molecule has 0 atom stereocenters. The number of carbonyl (C=O) groups is 2. The number of anilines is 1. The number of rotatable bonds is 6. The molecule has 0 unspecified atom stereocenters. The lowest BCUT2D eigenvalue weighted by Gasteiger charge is -2.08. The summed E-state index contributed by atoms with van der Waals surface area (Å²) in [4.78, 5) is 24.5. The minimum Gasteiger partial charge on any atom is -0.462 e. The number of carbonyl (C=O) groups excluding carboxylic acids is 2. The molecule has 0 radical (unpaired) electrons. The molecule has 0 heterocycles. The Hall–Kier alpha value is -2.88. The van der Waals surface area contributed by atoms with Crippen molar-refractivity contribution in [1.29, 1.82) is 0 Å². The maximum Gasteiger partial charge on any atom is 0.343 e. The normalized spacial score (nSPS) is 10.9. The van der Waals surface area contributed by atoms with E-state index in [0.29, 0.717) is 5.56 Å². The van der Waals surface area contributed by atoms with Crippen molar-refractivity contribution in [2.75, 3.05) is 11.9 Å². The number of hydrogen-bond acceptors (Lipinski definition) is 4. The Kier molecular flexibility index (Phi) is 5.49. The highest BCUT2D eigenvalue weighted by Crippen LogP contribution is 2.12. The van der Waals surface area contributed by atoms with Gasteiger partial charge in [-0.2, -0.15) is 0 Å². The molecule has 0 aliphatic carbocycles. The Bertz CT molecular complexity index is 663. The smallest absolute Gasteiger partial charge is 0.343 e. The summed E-state index contributed by atoms with van der Waals surface area (Å²) in [6.07, 6.45) is 1.39. The van der Waals surface area contributed by atoms with E-state index in [0.717, 1.165) is 5.69 Å². The van der Waals surface area contributed by atoms with Crippen molar-refractivity contribution < 1.29 is 14.3 Å². The van der Waals surface area contributed by atoms with Crippen LogP contribution in [0.2, 0.25) is 0 Å². The van der Waals surface area contributed by atoms with Gasteiger partial charge in [0.15, 0.2) is 0 Å². The topological polar surface area (TPSA) is 55.4 Å². The second-order valence-corrected chi connectivity index (χ2v) is 4.48. The largest absolute Gasteiger partial charge is 0.462 e. The second kappa shape index (κ2) is 7.78. The van der Waals surface area contributed by atoms with Crippen molar-refractivity contribution in [3.63, 3.8) is 0 Å². The lowest BCUT2D eigenvalue weighted by atomic mass is 10.0. The number of esters is 1. The fraction of sp³-hybridized carbons (Fsp3) is 0.111. The monoisotopic (exact) mass is 295 g/mol. The summed E-state index contributed by atoms with van der Waals surface area (Å²) in [5.74, 6) is -1.01. The van der Waals surface area contributed by atoms with Crippen molar-refractivity contribution in [2.24, 2.45) is 0 Å². The molecule has 0 saturated heterocycles. The molecule has 0 amide bonds. The zero-order chi connectivity index (χ0) is 15.8. The summed E-state index contributed by atoms with van der Waals surface area (Å²) >= 11 is 0. The van der Waals surface area contributed by atoms with Gasteiger partial charge in [-0.1, -0.05) is 48.5 Å². The molecule has 0 bridgehead atoms. The van der Waals surface area contributed by atoms with Crippen LogP contribution in [0, 0.1) is 0 Å². The summed E-state index contributed by atoms with van der Waals surface area (Å²) in [6.45, 7) is 1.91. The quantitative estimate of drug-likeness (QED) is 0.292. The SMILES string of the molecule is CCOC(=O)C(=CNc1ccccc1)C(=O)c1ccccc1. The molecule has 0 aliphatic rings. The molecule has 112 valence electrons. The van der Waals surface area contributed by atoms with Gasteiger partial charge in [0.2, 0.25) is 5.78 Å². The zero-order valence-corrected chi connectivity index (χ0v) is 12.3. The molecule has 4 nitrogen and oxygen atoms in total. The molecule has 4 heteroatoms. The number of ketones is 1. The third-order valence-corrected chi connectivity index (χ3v) is 2.93. The van der Waals surface area contributed by atoms with Gasteiger partial charge < -0.3 is 10.1 Å². The number of Topliss-reactive ketones (excluding diaryl/α,β-unsaturated/α-hetero) is 1. The van der Waals surface area contributed by atoms with Crippen LogP contribution >= 0.6 is 0 Å². The first-order valence-corrected chi connectivity index (χ1v) is 7.01. The summed E-state index contributed by atoms with van der Waals surface area (Å²) in [7, 11) is 0. The molecular weight excluding hydrogens is 278 g/mol. The molecule has 0 aliphatic heterocycles. The predicted molar refractivity (Wildman–Crippen MR) is 85.6 cm³/mol. The lowest BCUT2D eigenvalue weighted by Crippen LogP contribution is -2.17. The number of benzene rings is 2. The molecule has 0 saturated carbocycles. The Balaban J connectivity index is 2.26. The summed E-state index contributed by atoms with van der Waals surface area (Å²) < 4.78 is 4.97. The van der Waals surface area contributed by atoms with E-state index in [1.54, 1.807) is 31.2 Å². The Morgan fingerprint density at radius 3 is 2.18 bits per heavy atom. The average molecular weight is 295 g/mol. The van der Waals surface area contributed by atoms with Gasteiger partial charge in [-0.3, -0.25) is 4.79 Å². The predicted octanol–water partition coefficient (Wildman–Crippen LogP) is 3.43. The van der Waals surface area contributed by atoms with E-state index in [9.17, 15) is 9.59 Å². The van der Waals surface area contributed by atoms with Gasteiger partial charge in [-0.05, 0) is 19.1 Å². The highest BCUT2D eigenvalue weighted by Gasteiger charge is 2.20. The van der Waals surface area contributed by atoms with Gasteiger partial charge in [0.25, 0.3) is 0 Å². The van der Waals surface area contributed by atoms with Crippen LogP contribution in [0.15, 0.2) is 72.4 Å². The second-order valence-electron chi connectivity index (χ2n) is 4.48. The molecule has 1 N–H and O–H groups in total. The van der Waals surface area contributed by atoms with Crippen molar-refractivity contribution >= 4 is 17.4 Å². The first-order valence-electron chi connectivity index (χ1n) is 7.01. The van der Waals surface area contributed by atoms with Crippen LogP contribution in [0.1, 0.15) is 17.3 Å². The summed E-state index contributed by atoms with van der Waals surface area (Å²) in [6, 6.07) is 17.9. The van der Waals surface area contributed by atoms with Gasteiger partial charge >= 0.3 is 5.97 Å². The lowest BCUT2D eigenvalue weighted by molar-refractivity contribution is -0.138. The van der Waals surface area contributed by atoms with Crippen molar-refractivity contribution in [2.45, 2.75) is 6.92 Å². The minimum absolute atomic E-state index is 0.0306. The Morgan fingerprint density at radius 1 is 1.00 bits per heavy atom. The van der Waals surface area contributed by atoms with Crippen molar-refractivity contribution in [3.05, 3.63) is 78.0 Å². The van der Waals surface area contributed by atoms with Crippen LogP contribution in [0.25, 0.3) is 0 Å². The summed E-state index contributed by atoms with van der Waals surface area (Å²) in [5.41, 5.74) is 1.19. The third kappa shape index (κ3) is 4.06. The molecule has 0 fully saturated rings. The van der Waals surface area contributed by atoms with Crippen LogP contribution in [0.4, 0.5) is 5.69 Å². The van der Waals surface area contributed by atoms with E-state index < -0.39 is 5.97 Å². The Morgan fingerprint density at radius 2 is 1.59 bits per heavy atom. The standard InChI is InChI=1S/C18H17NO3/c1-2-22-18(21)16(13-19-15-11-7-4-8-12-15)17(20)14-9-5-3-6-10-14/h3-13,19H,2H2,1H3. The van der Waals surface area contributed by atoms with E-state index in [4.69, 9.17) is 4.74 Å². The maximum atomic E-state index is 12.5. The zero-order valence-electron chi connectivity index (χ0n) is 12.3. The maximum absolute atomic E-state index is 12.5. The van der Waals surface area contributed by atoms with Crippen LogP contribution in [-0.2, 0) is 9.53 Å². The van der Waals surface area contributed by atoms with Crippen molar-refractivity contribution in [1.82, 2.24) is 0 Å². The highest BCUT2D eigenvalue weighted by atomic mass is 16.5. The van der Waals surface area contributed by atoms with Crippen LogP contribution < -0.4 is 5.32 Å². The van der Waals surface area contributed by atoms with Gasteiger partial charge in [0, 0.05) is 17.5 Å². The molecule has 22 heavy (non-hydrogen) atoms. The molecule has 2 aromatic rings. The van der Waals surface area contributed by atoms with E-state index in [2.05, 4.69) is 5.32 Å². The Labute approximate surface area is 129 Å². The first kappa shape index (κ1) is 15.5. The summed E-state index contributed by atoms with van der Waals surface area (Å²) in [5, 5.41) is 2.95. The number of para-hydroxylation sites is 1. The van der Waals surface area contributed by atoms with Crippen LogP contribution in [0.5, 0.6) is 0 Å². The van der Waals surface area contributed by atoms with Gasteiger partial charge in [0.05, 0.1) is 6.61 Å². The van der Waals surface area contributed by atoms with Gasteiger partial charge in [-0.25, -0.2) is 4.79 Å². The first-order chi connectivity index (χ1) is 10.7. The minimum atomic E-state index is -0.639. The van der Waals surface area contributed by atoms with E-state index >= 15 is 0 Å². The van der Waals surface area contributed by atoms with Crippen LogP contribution in [0.3, 0.4) is 0 Å². The third-order valence-electron chi connectivity index (χ3n) is 2.93. The molecule has 0 aromatic heterocycles. The fourth-order valence-corrected chi connectivity index (χ4v) is 1.86. The molecule has 2 rings (SSSR count). The van der Waals surface area contributed by atoms with E-state index in [1.807, 2.05) is 36.4 Å². The van der Waals surface area contributed by atoms with Gasteiger partial charge in [-0.15, -0.1) is 0 Å². The molecule has 2 aromatic carbocycles. The number of hydrogen-bond donors (Lipinski definition) is 1. The fourth-order valence-electron chi connectivity index (χ4n) is 1.86. The average Bonchev–Trinajstić information content (AvgIpc) is 2.57. The number of ether oxygens (including phenoxy) is 1. The van der Waals surface area contributed by atoms with Crippen LogP contribution in [-0.4, -0.2) is 18.4 Å². The van der Waals surface area contributed by atoms with Crippen molar-refractivity contribution in [3.8, 4) is 0 Å². The van der Waals surface area contributed by atoms with E-state index in [-0.39, 0.29) is 18.0 Å². The molecule has 0 spiro atoms. The molecular formula is C18H17NO3. The van der Waals surface area contributed by atoms with Gasteiger partial charge in [0.1, 0.15) is 5.57 Å². The highest BCUT2D eigenvalue weighted by molar-refractivity contribution is 6.24.